The quantitative estimate of drug-likeness (QED) is 0.822. The van der Waals surface area contributed by atoms with E-state index in [-0.39, 0.29) is 5.91 Å². The number of nitrogens with one attached hydrogen (secondary N) is 1. The first kappa shape index (κ1) is 14.6. The number of hydrogen-bond donors (Lipinski definition) is 1. The zero-order valence-electron chi connectivity index (χ0n) is 12.4. The molecule has 4 heteroatoms. The summed E-state index contributed by atoms with van der Waals surface area (Å²) >= 11 is 0. The number of carbonyl (C=O) groups is 1. The van der Waals surface area contributed by atoms with Crippen molar-refractivity contribution in [1.82, 2.24) is 10.2 Å². The summed E-state index contributed by atoms with van der Waals surface area (Å²) in [7, 11) is 4.06. The second kappa shape index (κ2) is 6.57. The van der Waals surface area contributed by atoms with Crippen LogP contribution in [0.3, 0.4) is 0 Å². The summed E-state index contributed by atoms with van der Waals surface area (Å²) in [6, 6.07) is 6.02. The third kappa shape index (κ3) is 3.84. The van der Waals surface area contributed by atoms with Crippen molar-refractivity contribution in [2.75, 3.05) is 27.2 Å². The fraction of sp³-hybridized carbons (Fsp3) is 0.438. The Morgan fingerprint density at radius 2 is 2.15 bits per heavy atom. The predicted octanol–water partition coefficient (Wildman–Crippen LogP) is 2.35. The van der Waals surface area contributed by atoms with Gasteiger partial charge in [-0.1, -0.05) is 11.6 Å². The Balaban J connectivity index is 1.91. The molecule has 0 aliphatic carbocycles. The molecule has 1 amide bonds. The Labute approximate surface area is 119 Å². The number of furan rings is 1. The summed E-state index contributed by atoms with van der Waals surface area (Å²) in [5.41, 5.74) is 2.96. The van der Waals surface area contributed by atoms with Crippen LogP contribution in [0.5, 0.6) is 0 Å². The van der Waals surface area contributed by atoms with Crippen molar-refractivity contribution in [2.45, 2.75) is 19.8 Å². The van der Waals surface area contributed by atoms with Crippen LogP contribution in [0.25, 0.3) is 11.0 Å². The van der Waals surface area contributed by atoms with Crippen LogP contribution >= 0.6 is 0 Å². The Morgan fingerprint density at radius 1 is 1.35 bits per heavy atom. The van der Waals surface area contributed by atoms with Crippen molar-refractivity contribution in [2.24, 2.45) is 0 Å². The van der Waals surface area contributed by atoms with E-state index in [1.807, 2.05) is 33.2 Å². The number of hydrogen-bond acceptors (Lipinski definition) is 3. The van der Waals surface area contributed by atoms with E-state index < -0.39 is 0 Å². The van der Waals surface area contributed by atoms with Gasteiger partial charge in [-0.05, 0) is 46.1 Å². The molecule has 1 heterocycles. The molecule has 0 radical (unpaired) electrons. The maximum atomic E-state index is 11.9. The van der Waals surface area contributed by atoms with Crippen LogP contribution in [0.4, 0.5) is 0 Å². The molecule has 0 saturated carbocycles. The zero-order valence-corrected chi connectivity index (χ0v) is 12.4. The van der Waals surface area contributed by atoms with Crippen molar-refractivity contribution in [1.29, 1.82) is 0 Å². The molecule has 0 fully saturated rings. The molecule has 108 valence electrons. The van der Waals surface area contributed by atoms with Crippen molar-refractivity contribution in [3.05, 3.63) is 35.6 Å². The van der Waals surface area contributed by atoms with Gasteiger partial charge in [-0.2, -0.15) is 0 Å². The van der Waals surface area contributed by atoms with Crippen LogP contribution in [0.2, 0.25) is 0 Å². The first-order valence-electron chi connectivity index (χ1n) is 6.94. The molecule has 4 nitrogen and oxygen atoms in total. The van der Waals surface area contributed by atoms with E-state index in [9.17, 15) is 4.79 Å². The maximum Gasteiger partial charge on any atom is 0.224 e. The lowest BCUT2D eigenvalue weighted by Gasteiger charge is -2.09. The van der Waals surface area contributed by atoms with Crippen LogP contribution in [-0.2, 0) is 11.2 Å². The molecular weight excluding hydrogens is 252 g/mol. The fourth-order valence-electron chi connectivity index (χ4n) is 2.19. The monoisotopic (exact) mass is 274 g/mol. The van der Waals surface area contributed by atoms with Crippen molar-refractivity contribution in [3.8, 4) is 0 Å². The minimum absolute atomic E-state index is 0.0490. The summed E-state index contributed by atoms with van der Waals surface area (Å²) in [5, 5.41) is 3.98. The van der Waals surface area contributed by atoms with Gasteiger partial charge in [-0.25, -0.2) is 0 Å². The lowest BCUT2D eigenvalue weighted by atomic mass is 10.1. The van der Waals surface area contributed by atoms with Gasteiger partial charge >= 0.3 is 0 Å². The van der Waals surface area contributed by atoms with Gasteiger partial charge in [0.1, 0.15) is 5.58 Å². The smallest absolute Gasteiger partial charge is 0.224 e. The first-order valence-corrected chi connectivity index (χ1v) is 6.94. The van der Waals surface area contributed by atoms with E-state index in [4.69, 9.17) is 4.42 Å². The third-order valence-corrected chi connectivity index (χ3v) is 3.26. The maximum absolute atomic E-state index is 11.9. The molecule has 0 atom stereocenters. The molecule has 1 aromatic carbocycles. The molecule has 0 aliphatic rings. The van der Waals surface area contributed by atoms with Gasteiger partial charge in [0.2, 0.25) is 5.91 Å². The van der Waals surface area contributed by atoms with Gasteiger partial charge in [-0.3, -0.25) is 4.79 Å². The summed E-state index contributed by atoms with van der Waals surface area (Å²) in [5.74, 6) is 0.0490. The predicted molar refractivity (Wildman–Crippen MR) is 80.8 cm³/mol. The molecular formula is C16H22N2O2. The largest absolute Gasteiger partial charge is 0.464 e. The minimum Gasteiger partial charge on any atom is -0.464 e. The van der Waals surface area contributed by atoms with Crippen LogP contribution in [0, 0.1) is 6.92 Å². The zero-order chi connectivity index (χ0) is 14.5. The number of benzene rings is 1. The number of nitrogens with zero attached hydrogens (tertiary/aromatic N) is 1. The molecule has 20 heavy (non-hydrogen) atoms. The number of aryl methyl sites for hydroxylation is 1. The highest BCUT2D eigenvalue weighted by Gasteiger charge is 2.10. The third-order valence-electron chi connectivity index (χ3n) is 3.26. The Hall–Kier alpha value is -1.81. The highest BCUT2D eigenvalue weighted by Crippen LogP contribution is 2.22. The Kier molecular flexibility index (Phi) is 4.79. The Morgan fingerprint density at radius 3 is 2.90 bits per heavy atom. The van der Waals surface area contributed by atoms with E-state index in [1.165, 1.54) is 5.56 Å². The second-order valence-corrected chi connectivity index (χ2v) is 5.44. The molecule has 2 aromatic rings. The standard InChI is InChI=1S/C16H22N2O2/c1-12-5-6-15-14(9-12)13(11-20-15)10-16(19)17-7-4-8-18(2)3/h5-6,9,11H,4,7-8,10H2,1-3H3,(H,17,19). The van der Waals surface area contributed by atoms with E-state index >= 15 is 0 Å². The lowest BCUT2D eigenvalue weighted by Crippen LogP contribution is -2.28. The van der Waals surface area contributed by atoms with E-state index in [2.05, 4.69) is 16.3 Å². The molecule has 0 aliphatic heterocycles. The Bertz CT molecular complexity index is 587. The van der Waals surface area contributed by atoms with Crippen molar-refractivity contribution < 1.29 is 9.21 Å². The molecule has 1 N–H and O–H groups in total. The SMILES string of the molecule is Cc1ccc2occ(CC(=O)NCCCN(C)C)c2c1. The van der Waals surface area contributed by atoms with E-state index in [1.54, 1.807) is 6.26 Å². The van der Waals surface area contributed by atoms with Crippen LogP contribution in [0.15, 0.2) is 28.9 Å². The van der Waals surface area contributed by atoms with E-state index in [0.717, 1.165) is 29.5 Å². The van der Waals surface area contributed by atoms with Crippen LogP contribution in [-0.4, -0.2) is 38.0 Å². The minimum atomic E-state index is 0.0490. The molecule has 1 aromatic heterocycles. The summed E-state index contributed by atoms with van der Waals surface area (Å²) in [6.07, 6.45) is 3.02. The van der Waals surface area contributed by atoms with Gasteiger partial charge in [0.25, 0.3) is 0 Å². The van der Waals surface area contributed by atoms with Gasteiger partial charge in [0, 0.05) is 17.5 Å². The first-order chi connectivity index (χ1) is 9.56. The average molecular weight is 274 g/mol. The summed E-state index contributed by atoms with van der Waals surface area (Å²) < 4.78 is 5.48. The number of amides is 1. The molecule has 0 spiro atoms. The highest BCUT2D eigenvalue weighted by molar-refractivity contribution is 5.87. The molecule has 2 rings (SSSR count). The van der Waals surface area contributed by atoms with Gasteiger partial charge in [0.15, 0.2) is 0 Å². The number of carbonyl (C=O) groups excluding carboxylic acids is 1. The summed E-state index contributed by atoms with van der Waals surface area (Å²) in [6.45, 7) is 3.73. The fourth-order valence-corrected chi connectivity index (χ4v) is 2.19. The van der Waals surface area contributed by atoms with E-state index in [0.29, 0.717) is 13.0 Å². The van der Waals surface area contributed by atoms with Crippen molar-refractivity contribution in [3.63, 3.8) is 0 Å². The molecule has 0 saturated heterocycles. The molecule has 0 unspecified atom stereocenters. The highest BCUT2D eigenvalue weighted by atomic mass is 16.3. The normalized spacial score (nSPS) is 11.2. The average Bonchev–Trinajstić information content (AvgIpc) is 2.77. The number of rotatable bonds is 6. The second-order valence-electron chi connectivity index (χ2n) is 5.44. The number of fused-ring (bicyclic) bond motifs is 1. The van der Waals surface area contributed by atoms with Gasteiger partial charge < -0.3 is 14.6 Å². The van der Waals surface area contributed by atoms with Gasteiger partial charge in [0.05, 0.1) is 12.7 Å². The lowest BCUT2D eigenvalue weighted by molar-refractivity contribution is -0.120. The molecule has 0 bridgehead atoms. The van der Waals surface area contributed by atoms with Crippen LogP contribution < -0.4 is 5.32 Å². The van der Waals surface area contributed by atoms with Crippen LogP contribution in [0.1, 0.15) is 17.5 Å². The van der Waals surface area contributed by atoms with Gasteiger partial charge in [-0.15, -0.1) is 0 Å². The summed E-state index contributed by atoms with van der Waals surface area (Å²) in [4.78, 5) is 14.0. The van der Waals surface area contributed by atoms with Crippen molar-refractivity contribution >= 4 is 16.9 Å². The topological polar surface area (TPSA) is 45.5 Å².